The van der Waals surface area contributed by atoms with Gasteiger partial charge in [0.1, 0.15) is 0 Å². The maximum Gasteiger partial charge on any atom is 0.337 e. The Hall–Kier alpha value is -3.39. The largest absolute Gasteiger partial charge is 0.478 e. The highest BCUT2D eigenvalue weighted by atomic mass is 16.5. The highest BCUT2D eigenvalue weighted by Gasteiger charge is 2.21. The number of nitrogens with zero attached hydrogens (tertiary/aromatic N) is 3. The Labute approximate surface area is 180 Å². The lowest BCUT2D eigenvalue weighted by atomic mass is 10.0. The number of fused-ring (bicyclic) bond motifs is 1. The van der Waals surface area contributed by atoms with Crippen molar-refractivity contribution in [2.75, 3.05) is 36.5 Å². The zero-order chi connectivity index (χ0) is 22.1. The average molecular weight is 422 g/mol. The van der Waals surface area contributed by atoms with Gasteiger partial charge in [0.2, 0.25) is 5.95 Å². The molecule has 0 amide bonds. The van der Waals surface area contributed by atoms with E-state index in [9.17, 15) is 14.7 Å². The number of morpholine rings is 1. The van der Waals surface area contributed by atoms with Gasteiger partial charge in [-0.1, -0.05) is 18.2 Å². The van der Waals surface area contributed by atoms with Crippen LogP contribution in [-0.2, 0) is 11.8 Å². The summed E-state index contributed by atoms with van der Waals surface area (Å²) in [7, 11) is 1.74. The Balaban J connectivity index is 1.83. The number of benzene rings is 2. The number of carboxylic acid groups (broad SMARTS) is 1. The van der Waals surface area contributed by atoms with Crippen LogP contribution in [0.1, 0.15) is 34.5 Å². The van der Waals surface area contributed by atoms with Gasteiger partial charge < -0.3 is 20.1 Å². The summed E-state index contributed by atoms with van der Waals surface area (Å²) in [6.07, 6.45) is 0. The minimum absolute atomic E-state index is 0.102. The number of hydrogen-bond acceptors (Lipinski definition) is 6. The van der Waals surface area contributed by atoms with Crippen molar-refractivity contribution in [3.05, 3.63) is 63.4 Å². The molecule has 1 fully saturated rings. The van der Waals surface area contributed by atoms with E-state index in [0.717, 1.165) is 11.1 Å². The van der Waals surface area contributed by atoms with E-state index in [4.69, 9.17) is 9.72 Å². The molecule has 0 spiro atoms. The van der Waals surface area contributed by atoms with Gasteiger partial charge in [0.25, 0.3) is 5.56 Å². The number of aromatic carboxylic acids is 1. The van der Waals surface area contributed by atoms with E-state index in [2.05, 4.69) is 10.2 Å². The molecule has 4 rings (SSSR count). The third-order valence-corrected chi connectivity index (χ3v) is 5.62. The van der Waals surface area contributed by atoms with Gasteiger partial charge in [0.05, 0.1) is 35.7 Å². The molecule has 2 N–H and O–H groups in total. The molecule has 0 radical (unpaired) electrons. The smallest absolute Gasteiger partial charge is 0.337 e. The summed E-state index contributed by atoms with van der Waals surface area (Å²) in [5.41, 5.74) is 3.04. The number of hydrogen-bond donors (Lipinski definition) is 2. The van der Waals surface area contributed by atoms with E-state index in [1.54, 1.807) is 35.9 Å². The summed E-state index contributed by atoms with van der Waals surface area (Å²) in [6, 6.07) is 10.4. The molecule has 2 heterocycles. The van der Waals surface area contributed by atoms with Crippen LogP contribution in [0.2, 0.25) is 0 Å². The molecule has 2 aromatic carbocycles. The molecule has 3 aromatic rings. The molecule has 31 heavy (non-hydrogen) atoms. The Bertz CT molecular complexity index is 1200. The first-order chi connectivity index (χ1) is 14.9. The van der Waals surface area contributed by atoms with E-state index in [1.165, 1.54) is 0 Å². The topological polar surface area (TPSA) is 96.7 Å². The second kappa shape index (κ2) is 8.39. The summed E-state index contributed by atoms with van der Waals surface area (Å²) < 4.78 is 7.03. The summed E-state index contributed by atoms with van der Waals surface area (Å²) in [6.45, 7) is 6.42. The first kappa shape index (κ1) is 20.9. The maximum absolute atomic E-state index is 13.2. The summed E-state index contributed by atoms with van der Waals surface area (Å²) in [5, 5.41) is 13.3. The van der Waals surface area contributed by atoms with Crippen molar-refractivity contribution in [2.45, 2.75) is 19.9 Å². The molecule has 1 saturated heterocycles. The zero-order valence-electron chi connectivity index (χ0n) is 17.9. The van der Waals surface area contributed by atoms with Gasteiger partial charge in [-0.15, -0.1) is 0 Å². The van der Waals surface area contributed by atoms with Crippen LogP contribution in [0.3, 0.4) is 0 Å². The van der Waals surface area contributed by atoms with Gasteiger partial charge in [-0.25, -0.2) is 9.78 Å². The Morgan fingerprint density at radius 1 is 1.23 bits per heavy atom. The van der Waals surface area contributed by atoms with Crippen molar-refractivity contribution in [1.82, 2.24) is 9.55 Å². The van der Waals surface area contributed by atoms with Crippen LogP contribution in [0.5, 0.6) is 0 Å². The van der Waals surface area contributed by atoms with Crippen LogP contribution in [0.25, 0.3) is 10.9 Å². The van der Waals surface area contributed by atoms with Gasteiger partial charge in [-0.2, -0.15) is 0 Å². The fourth-order valence-corrected chi connectivity index (χ4v) is 4.02. The second-order valence-electron chi connectivity index (χ2n) is 7.84. The van der Waals surface area contributed by atoms with E-state index in [-0.39, 0.29) is 17.2 Å². The number of anilines is 2. The van der Waals surface area contributed by atoms with E-state index in [0.29, 0.717) is 48.8 Å². The molecule has 0 saturated carbocycles. The van der Waals surface area contributed by atoms with Crippen molar-refractivity contribution < 1.29 is 14.6 Å². The lowest BCUT2D eigenvalue weighted by Gasteiger charge is -2.29. The normalized spacial score (nSPS) is 15.1. The van der Waals surface area contributed by atoms with Gasteiger partial charge >= 0.3 is 5.97 Å². The zero-order valence-corrected chi connectivity index (χ0v) is 17.9. The number of para-hydroxylation sites is 1. The molecule has 162 valence electrons. The van der Waals surface area contributed by atoms with Gasteiger partial charge in [-0.3, -0.25) is 9.36 Å². The molecule has 1 atom stereocenters. The van der Waals surface area contributed by atoms with Crippen molar-refractivity contribution in [3.8, 4) is 0 Å². The molecule has 1 aromatic heterocycles. The Morgan fingerprint density at radius 3 is 2.65 bits per heavy atom. The first-order valence-corrected chi connectivity index (χ1v) is 10.3. The van der Waals surface area contributed by atoms with E-state index >= 15 is 0 Å². The molecule has 1 aliphatic rings. The minimum atomic E-state index is -0.994. The maximum atomic E-state index is 13.2. The highest BCUT2D eigenvalue weighted by molar-refractivity contribution is 5.94. The average Bonchev–Trinajstić information content (AvgIpc) is 2.77. The molecule has 8 nitrogen and oxygen atoms in total. The Kier molecular flexibility index (Phi) is 5.65. The lowest BCUT2D eigenvalue weighted by molar-refractivity contribution is 0.0698. The van der Waals surface area contributed by atoms with Crippen LogP contribution in [0.15, 0.2) is 41.2 Å². The van der Waals surface area contributed by atoms with E-state index in [1.807, 2.05) is 26.0 Å². The number of aromatic nitrogens is 2. The fourth-order valence-electron chi connectivity index (χ4n) is 4.02. The van der Waals surface area contributed by atoms with Crippen LogP contribution in [0, 0.1) is 6.92 Å². The van der Waals surface area contributed by atoms with Crippen LogP contribution >= 0.6 is 0 Å². The van der Waals surface area contributed by atoms with Crippen molar-refractivity contribution >= 4 is 28.5 Å². The molecular weight excluding hydrogens is 396 g/mol. The number of aryl methyl sites for hydroxylation is 1. The molecular formula is C23H26N4O4. The lowest BCUT2D eigenvalue weighted by Crippen LogP contribution is -2.40. The quantitative estimate of drug-likeness (QED) is 0.652. The fraction of sp³-hybridized carbons (Fsp3) is 0.348. The molecule has 8 heteroatoms. The number of rotatable bonds is 5. The van der Waals surface area contributed by atoms with Crippen LogP contribution in [-0.4, -0.2) is 46.9 Å². The van der Waals surface area contributed by atoms with Gasteiger partial charge in [-0.05, 0) is 37.6 Å². The predicted octanol–water partition coefficient (Wildman–Crippen LogP) is 2.95. The highest BCUT2D eigenvalue weighted by Crippen LogP contribution is 2.29. The molecule has 0 bridgehead atoms. The third kappa shape index (κ3) is 3.98. The number of nitrogens with one attached hydrogen (secondary N) is 1. The van der Waals surface area contributed by atoms with Crippen molar-refractivity contribution in [1.29, 1.82) is 0 Å². The van der Waals surface area contributed by atoms with Crippen LogP contribution < -0.4 is 15.8 Å². The van der Waals surface area contributed by atoms with Crippen molar-refractivity contribution in [2.24, 2.45) is 7.05 Å². The number of carbonyl (C=O) groups is 1. The second-order valence-corrected chi connectivity index (χ2v) is 7.84. The standard InChI is InChI=1S/C23H26N4O4/c1-14-12-17(15(2)24-19-7-5-4-6-16(19)22(29)30)20-18(13-14)21(28)26(3)23(25-20)27-8-10-31-11-9-27/h4-7,12-13,15,24H,8-11H2,1-3H3,(H,29,30)/t15-/m1/s1. The first-order valence-electron chi connectivity index (χ1n) is 10.3. The van der Waals surface area contributed by atoms with Gasteiger partial charge in [0.15, 0.2) is 0 Å². The summed E-state index contributed by atoms with van der Waals surface area (Å²) >= 11 is 0. The van der Waals surface area contributed by atoms with Crippen molar-refractivity contribution in [3.63, 3.8) is 0 Å². The minimum Gasteiger partial charge on any atom is -0.478 e. The van der Waals surface area contributed by atoms with Crippen LogP contribution in [0.4, 0.5) is 11.6 Å². The predicted molar refractivity (Wildman–Crippen MR) is 120 cm³/mol. The third-order valence-electron chi connectivity index (χ3n) is 5.62. The Morgan fingerprint density at radius 2 is 1.94 bits per heavy atom. The van der Waals surface area contributed by atoms with E-state index < -0.39 is 5.97 Å². The molecule has 1 aliphatic heterocycles. The summed E-state index contributed by atoms with van der Waals surface area (Å²) in [4.78, 5) is 31.7. The summed E-state index contributed by atoms with van der Waals surface area (Å²) in [5.74, 6) is -0.380. The monoisotopic (exact) mass is 422 g/mol. The van der Waals surface area contributed by atoms with Gasteiger partial charge in [0, 0.05) is 31.4 Å². The molecule has 0 unspecified atom stereocenters. The molecule has 0 aliphatic carbocycles. The number of ether oxygens (including phenoxy) is 1. The SMILES string of the molecule is Cc1cc([C@@H](C)Nc2ccccc2C(=O)O)c2nc(N3CCOCC3)n(C)c(=O)c2c1. The number of carboxylic acids is 1.